The molecule has 0 amide bonds. The van der Waals surface area contributed by atoms with Gasteiger partial charge in [0.15, 0.2) is 5.96 Å². The molecule has 0 bridgehead atoms. The molecule has 1 saturated heterocycles. The van der Waals surface area contributed by atoms with E-state index >= 15 is 0 Å². The summed E-state index contributed by atoms with van der Waals surface area (Å²) in [5.41, 5.74) is 0. The molecule has 25 heavy (non-hydrogen) atoms. The van der Waals surface area contributed by atoms with Gasteiger partial charge >= 0.3 is 0 Å². The SMILES string of the molecule is CCNC(=NCCCOc1ccc(F)cc1)N(C)CC1CCOC1.I. The van der Waals surface area contributed by atoms with E-state index in [1.54, 1.807) is 12.1 Å². The van der Waals surface area contributed by atoms with E-state index < -0.39 is 0 Å². The van der Waals surface area contributed by atoms with Crippen LogP contribution in [0.15, 0.2) is 29.3 Å². The van der Waals surface area contributed by atoms with E-state index in [4.69, 9.17) is 9.47 Å². The third kappa shape index (κ3) is 8.22. The highest BCUT2D eigenvalue weighted by atomic mass is 127. The van der Waals surface area contributed by atoms with Crippen LogP contribution in [0, 0.1) is 11.7 Å². The highest BCUT2D eigenvalue weighted by Gasteiger charge is 2.18. The standard InChI is InChI=1S/C18H28FN3O2.HI/c1-3-20-18(22(2)13-15-9-12-23-14-15)21-10-4-11-24-17-7-5-16(19)6-8-17;/h5-8,15H,3-4,9-14H2,1-2H3,(H,20,21);1H. The fourth-order valence-electron chi connectivity index (χ4n) is 2.64. The van der Waals surface area contributed by atoms with Crippen molar-refractivity contribution < 1.29 is 13.9 Å². The van der Waals surface area contributed by atoms with E-state index in [-0.39, 0.29) is 29.8 Å². The average molecular weight is 465 g/mol. The van der Waals surface area contributed by atoms with Gasteiger partial charge in [-0.1, -0.05) is 0 Å². The van der Waals surface area contributed by atoms with Crippen molar-refractivity contribution in [2.45, 2.75) is 19.8 Å². The first kappa shape index (κ1) is 22.0. The molecular weight excluding hydrogens is 436 g/mol. The molecule has 1 aliphatic heterocycles. The fraction of sp³-hybridized carbons (Fsp3) is 0.611. The first-order chi connectivity index (χ1) is 11.7. The van der Waals surface area contributed by atoms with E-state index in [0.717, 1.165) is 45.1 Å². The van der Waals surface area contributed by atoms with E-state index in [0.29, 0.717) is 24.8 Å². The van der Waals surface area contributed by atoms with E-state index in [2.05, 4.69) is 29.2 Å². The molecule has 1 fully saturated rings. The maximum atomic E-state index is 12.8. The Labute approximate surface area is 167 Å². The average Bonchev–Trinajstić information content (AvgIpc) is 3.08. The van der Waals surface area contributed by atoms with Crippen LogP contribution in [0.4, 0.5) is 4.39 Å². The molecule has 5 nitrogen and oxygen atoms in total. The molecule has 1 unspecified atom stereocenters. The minimum atomic E-state index is -0.252. The van der Waals surface area contributed by atoms with Crippen LogP contribution in [-0.4, -0.2) is 57.4 Å². The van der Waals surface area contributed by atoms with E-state index in [9.17, 15) is 4.39 Å². The second kappa shape index (κ2) is 12.3. The molecule has 0 saturated carbocycles. The topological polar surface area (TPSA) is 46.1 Å². The van der Waals surface area contributed by atoms with Crippen molar-refractivity contribution >= 4 is 29.9 Å². The second-order valence-electron chi connectivity index (χ2n) is 6.00. The van der Waals surface area contributed by atoms with Crippen molar-refractivity contribution in [2.24, 2.45) is 10.9 Å². The van der Waals surface area contributed by atoms with Gasteiger partial charge in [0.1, 0.15) is 11.6 Å². The van der Waals surface area contributed by atoms with Gasteiger partial charge in [-0.25, -0.2) is 4.39 Å². The van der Waals surface area contributed by atoms with Crippen molar-refractivity contribution in [3.8, 4) is 5.75 Å². The smallest absolute Gasteiger partial charge is 0.193 e. The Morgan fingerprint density at radius 2 is 2.16 bits per heavy atom. The van der Waals surface area contributed by atoms with Crippen molar-refractivity contribution in [3.05, 3.63) is 30.1 Å². The predicted octanol–water partition coefficient (Wildman–Crippen LogP) is 3.15. The lowest BCUT2D eigenvalue weighted by Gasteiger charge is -2.24. The molecule has 0 spiro atoms. The summed E-state index contributed by atoms with van der Waals surface area (Å²) in [7, 11) is 2.06. The van der Waals surface area contributed by atoms with Gasteiger partial charge < -0.3 is 19.7 Å². The largest absolute Gasteiger partial charge is 0.494 e. The number of guanidine groups is 1. The zero-order valence-electron chi connectivity index (χ0n) is 15.0. The highest BCUT2D eigenvalue weighted by Crippen LogP contribution is 2.13. The Morgan fingerprint density at radius 3 is 2.80 bits per heavy atom. The first-order valence-electron chi connectivity index (χ1n) is 8.64. The molecule has 0 aliphatic carbocycles. The lowest BCUT2D eigenvalue weighted by molar-refractivity contribution is 0.181. The maximum absolute atomic E-state index is 12.8. The summed E-state index contributed by atoms with van der Waals surface area (Å²) in [4.78, 5) is 6.82. The summed E-state index contributed by atoms with van der Waals surface area (Å²) in [5, 5.41) is 3.32. The Morgan fingerprint density at radius 1 is 1.40 bits per heavy atom. The Hall–Kier alpha value is -1.09. The first-order valence-corrected chi connectivity index (χ1v) is 8.64. The van der Waals surface area contributed by atoms with Crippen molar-refractivity contribution in [1.29, 1.82) is 0 Å². The van der Waals surface area contributed by atoms with Gasteiger partial charge in [-0.15, -0.1) is 24.0 Å². The third-order valence-corrected chi connectivity index (χ3v) is 3.90. The van der Waals surface area contributed by atoms with Gasteiger partial charge in [0.05, 0.1) is 13.2 Å². The second-order valence-corrected chi connectivity index (χ2v) is 6.00. The summed E-state index contributed by atoms with van der Waals surface area (Å²) in [6, 6.07) is 6.08. The van der Waals surface area contributed by atoms with Crippen molar-refractivity contribution in [3.63, 3.8) is 0 Å². The molecule has 1 heterocycles. The summed E-state index contributed by atoms with van der Waals surface area (Å²) in [6.07, 6.45) is 1.93. The van der Waals surface area contributed by atoms with Gasteiger partial charge in [0, 0.05) is 45.6 Å². The lowest BCUT2D eigenvalue weighted by Crippen LogP contribution is -2.41. The Bertz CT molecular complexity index is 508. The number of hydrogen-bond donors (Lipinski definition) is 1. The zero-order chi connectivity index (χ0) is 17.2. The normalized spacial score (nSPS) is 17.1. The number of benzene rings is 1. The quantitative estimate of drug-likeness (QED) is 0.278. The van der Waals surface area contributed by atoms with Gasteiger partial charge in [-0.05, 0) is 37.6 Å². The Kier molecular flexibility index (Phi) is 10.8. The molecule has 1 aliphatic rings. The number of hydrogen-bond acceptors (Lipinski definition) is 3. The monoisotopic (exact) mass is 465 g/mol. The molecule has 2 rings (SSSR count). The predicted molar refractivity (Wildman–Crippen MR) is 109 cm³/mol. The van der Waals surface area contributed by atoms with Crippen LogP contribution in [-0.2, 0) is 4.74 Å². The summed E-state index contributed by atoms with van der Waals surface area (Å²) < 4.78 is 23.8. The number of halogens is 2. The van der Waals surface area contributed by atoms with Crippen LogP contribution in [0.5, 0.6) is 5.75 Å². The van der Waals surface area contributed by atoms with Crippen molar-refractivity contribution in [1.82, 2.24) is 10.2 Å². The van der Waals surface area contributed by atoms with Gasteiger partial charge in [0.2, 0.25) is 0 Å². The van der Waals surface area contributed by atoms with Gasteiger partial charge in [0.25, 0.3) is 0 Å². The molecular formula is C18H29FIN3O2. The number of nitrogens with one attached hydrogen (secondary N) is 1. The molecule has 142 valence electrons. The zero-order valence-corrected chi connectivity index (χ0v) is 17.4. The summed E-state index contributed by atoms with van der Waals surface area (Å²) >= 11 is 0. The van der Waals surface area contributed by atoms with Gasteiger partial charge in [-0.2, -0.15) is 0 Å². The molecule has 1 aromatic carbocycles. The molecule has 7 heteroatoms. The van der Waals surface area contributed by atoms with Crippen LogP contribution in [0.1, 0.15) is 19.8 Å². The minimum absolute atomic E-state index is 0. The van der Waals surface area contributed by atoms with E-state index in [1.807, 2.05) is 0 Å². The van der Waals surface area contributed by atoms with E-state index in [1.165, 1.54) is 12.1 Å². The van der Waals surface area contributed by atoms with Crippen LogP contribution in [0.3, 0.4) is 0 Å². The van der Waals surface area contributed by atoms with Gasteiger partial charge in [-0.3, -0.25) is 4.99 Å². The number of ether oxygens (including phenoxy) is 2. The molecule has 1 atom stereocenters. The van der Waals surface area contributed by atoms with Crippen molar-refractivity contribution in [2.75, 3.05) is 46.5 Å². The highest BCUT2D eigenvalue weighted by molar-refractivity contribution is 14.0. The van der Waals surface area contributed by atoms with Crippen LogP contribution in [0.2, 0.25) is 0 Å². The van der Waals surface area contributed by atoms with Crippen LogP contribution < -0.4 is 10.1 Å². The van der Waals surface area contributed by atoms with Crippen LogP contribution >= 0.6 is 24.0 Å². The molecule has 0 aromatic heterocycles. The summed E-state index contributed by atoms with van der Waals surface area (Å²) in [5.74, 6) is 1.94. The molecule has 1 aromatic rings. The Balaban J connectivity index is 0.00000312. The number of aliphatic imine (C=N–C) groups is 1. The maximum Gasteiger partial charge on any atom is 0.193 e. The molecule has 1 N–H and O–H groups in total. The fourth-order valence-corrected chi connectivity index (χ4v) is 2.64. The molecule has 0 radical (unpaired) electrons. The third-order valence-electron chi connectivity index (χ3n) is 3.90. The van der Waals surface area contributed by atoms with Crippen LogP contribution in [0.25, 0.3) is 0 Å². The number of nitrogens with zero attached hydrogens (tertiary/aromatic N) is 2. The lowest BCUT2D eigenvalue weighted by atomic mass is 10.1. The minimum Gasteiger partial charge on any atom is -0.494 e. The summed E-state index contributed by atoms with van der Waals surface area (Å²) in [6.45, 7) is 6.83. The number of rotatable bonds is 8.